The van der Waals surface area contributed by atoms with Gasteiger partial charge in [-0.1, -0.05) is 41.4 Å². The minimum absolute atomic E-state index is 0.0756. The molecule has 2 aromatic rings. The summed E-state index contributed by atoms with van der Waals surface area (Å²) in [6.07, 6.45) is 0. The van der Waals surface area contributed by atoms with Crippen molar-refractivity contribution in [3.05, 3.63) is 58.1 Å². The maximum Gasteiger partial charge on any atom is 0.250 e. The molecule has 0 radical (unpaired) electrons. The van der Waals surface area contributed by atoms with Crippen LogP contribution in [0.4, 0.5) is 11.4 Å². The molecule has 21 heavy (non-hydrogen) atoms. The van der Waals surface area contributed by atoms with E-state index in [2.05, 4.69) is 5.32 Å². The number of nitrogen functional groups attached to an aromatic ring is 1. The van der Waals surface area contributed by atoms with Crippen molar-refractivity contribution in [1.29, 1.82) is 0 Å². The molecule has 0 aliphatic heterocycles. The van der Waals surface area contributed by atoms with Crippen LogP contribution >= 0.6 is 23.2 Å². The smallest absolute Gasteiger partial charge is 0.250 e. The second-order valence-electron chi connectivity index (χ2n) is 4.37. The summed E-state index contributed by atoms with van der Waals surface area (Å²) in [4.78, 5) is 11.7. The molecule has 110 valence electrons. The van der Waals surface area contributed by atoms with Crippen LogP contribution in [0.5, 0.6) is 0 Å². The number of hydrogen-bond acceptors (Lipinski definition) is 3. The number of carbonyl (C=O) groups excluding carboxylic acids is 1. The third-order valence-corrected chi connectivity index (χ3v) is 3.44. The first kappa shape index (κ1) is 15.6. The molecule has 1 amide bonds. The molecule has 0 heterocycles. The summed E-state index contributed by atoms with van der Waals surface area (Å²) < 4.78 is 5.33. The highest BCUT2D eigenvalue weighted by molar-refractivity contribution is 6.33. The zero-order valence-corrected chi connectivity index (χ0v) is 12.6. The Hall–Kier alpha value is -1.75. The van der Waals surface area contributed by atoms with E-state index >= 15 is 0 Å². The molecule has 0 saturated carbocycles. The fourth-order valence-electron chi connectivity index (χ4n) is 1.69. The van der Waals surface area contributed by atoms with Crippen molar-refractivity contribution in [2.24, 2.45) is 0 Å². The van der Waals surface area contributed by atoms with Crippen LogP contribution in [0.1, 0.15) is 5.56 Å². The predicted molar refractivity (Wildman–Crippen MR) is 85.6 cm³/mol. The molecule has 4 nitrogen and oxygen atoms in total. The highest BCUT2D eigenvalue weighted by atomic mass is 35.5. The average molecular weight is 325 g/mol. The van der Waals surface area contributed by atoms with Crippen molar-refractivity contribution >= 4 is 40.5 Å². The Kier molecular flexibility index (Phi) is 5.44. The zero-order chi connectivity index (χ0) is 15.2. The molecule has 0 aliphatic rings. The van der Waals surface area contributed by atoms with E-state index in [4.69, 9.17) is 33.7 Å². The number of hydrogen-bond donors (Lipinski definition) is 2. The van der Waals surface area contributed by atoms with E-state index in [0.717, 1.165) is 5.56 Å². The summed E-state index contributed by atoms with van der Waals surface area (Å²) in [6, 6.07) is 12.2. The van der Waals surface area contributed by atoms with Crippen molar-refractivity contribution < 1.29 is 9.53 Å². The van der Waals surface area contributed by atoms with E-state index in [-0.39, 0.29) is 19.1 Å². The molecule has 6 heteroatoms. The van der Waals surface area contributed by atoms with Gasteiger partial charge in [-0.15, -0.1) is 0 Å². The fraction of sp³-hybridized carbons (Fsp3) is 0.133. The third-order valence-electron chi connectivity index (χ3n) is 2.73. The van der Waals surface area contributed by atoms with Crippen molar-refractivity contribution in [3.63, 3.8) is 0 Å². The summed E-state index contributed by atoms with van der Waals surface area (Å²) in [6.45, 7) is 0.198. The Labute approximate surface area is 132 Å². The maximum absolute atomic E-state index is 11.7. The lowest BCUT2D eigenvalue weighted by atomic mass is 10.2. The number of halogens is 2. The van der Waals surface area contributed by atoms with Crippen LogP contribution in [-0.4, -0.2) is 12.5 Å². The van der Waals surface area contributed by atoms with Gasteiger partial charge in [0.1, 0.15) is 6.61 Å². The molecule has 0 aromatic heterocycles. The molecule has 0 saturated heterocycles. The number of nitrogens with one attached hydrogen (secondary N) is 1. The number of benzene rings is 2. The number of nitrogens with two attached hydrogens (primary N) is 1. The lowest BCUT2D eigenvalue weighted by molar-refractivity contribution is -0.121. The first-order valence-electron chi connectivity index (χ1n) is 6.22. The highest BCUT2D eigenvalue weighted by Gasteiger charge is 2.05. The van der Waals surface area contributed by atoms with E-state index in [0.29, 0.717) is 21.4 Å². The quantitative estimate of drug-likeness (QED) is 0.823. The Morgan fingerprint density at radius 3 is 2.62 bits per heavy atom. The van der Waals surface area contributed by atoms with E-state index in [1.807, 2.05) is 18.2 Å². The van der Waals surface area contributed by atoms with Gasteiger partial charge >= 0.3 is 0 Å². The minimum atomic E-state index is -0.274. The van der Waals surface area contributed by atoms with Gasteiger partial charge in [0.25, 0.3) is 0 Å². The maximum atomic E-state index is 11.7. The van der Waals surface area contributed by atoms with Gasteiger partial charge in [-0.05, 0) is 29.8 Å². The van der Waals surface area contributed by atoms with E-state index in [1.165, 1.54) is 0 Å². The van der Waals surface area contributed by atoms with Gasteiger partial charge in [-0.3, -0.25) is 4.79 Å². The van der Waals surface area contributed by atoms with E-state index < -0.39 is 0 Å². The van der Waals surface area contributed by atoms with Crippen LogP contribution in [-0.2, 0) is 16.1 Å². The average Bonchev–Trinajstić information content (AvgIpc) is 2.45. The first-order chi connectivity index (χ1) is 10.1. The SMILES string of the molecule is Nc1cc(NC(=O)COCc2ccccc2Cl)ccc1Cl. The summed E-state index contributed by atoms with van der Waals surface area (Å²) in [5.74, 6) is -0.274. The predicted octanol–water partition coefficient (Wildman–Crippen LogP) is 3.73. The lowest BCUT2D eigenvalue weighted by Gasteiger charge is -2.08. The molecule has 3 N–H and O–H groups in total. The van der Waals surface area contributed by atoms with Gasteiger partial charge in [0.15, 0.2) is 0 Å². The van der Waals surface area contributed by atoms with E-state index in [1.54, 1.807) is 24.3 Å². The number of ether oxygens (including phenoxy) is 1. The van der Waals surface area contributed by atoms with E-state index in [9.17, 15) is 4.79 Å². The first-order valence-corrected chi connectivity index (χ1v) is 6.98. The molecule has 0 aliphatic carbocycles. The number of carbonyl (C=O) groups is 1. The number of anilines is 2. The largest absolute Gasteiger partial charge is 0.397 e. The van der Waals surface area contributed by atoms with Crippen LogP contribution in [0.25, 0.3) is 0 Å². The Morgan fingerprint density at radius 2 is 1.90 bits per heavy atom. The monoisotopic (exact) mass is 324 g/mol. The van der Waals surface area contributed by atoms with Gasteiger partial charge in [0.05, 0.1) is 17.3 Å². The summed E-state index contributed by atoms with van der Waals surface area (Å²) in [5.41, 5.74) is 7.48. The topological polar surface area (TPSA) is 64.3 Å². The molecule has 0 unspecified atom stereocenters. The van der Waals surface area contributed by atoms with Crippen molar-refractivity contribution in [1.82, 2.24) is 0 Å². The van der Waals surface area contributed by atoms with Gasteiger partial charge in [0, 0.05) is 10.7 Å². The van der Waals surface area contributed by atoms with Crippen molar-refractivity contribution in [2.75, 3.05) is 17.7 Å². The van der Waals surface area contributed by atoms with Gasteiger partial charge in [-0.2, -0.15) is 0 Å². The minimum Gasteiger partial charge on any atom is -0.397 e. The molecule has 0 atom stereocenters. The normalized spacial score (nSPS) is 10.4. The molecule has 0 bridgehead atoms. The van der Waals surface area contributed by atoms with Crippen LogP contribution in [0, 0.1) is 0 Å². The number of amides is 1. The summed E-state index contributed by atoms with van der Waals surface area (Å²) >= 11 is 11.8. The number of rotatable bonds is 5. The van der Waals surface area contributed by atoms with Crippen LogP contribution in [0.3, 0.4) is 0 Å². The molecular weight excluding hydrogens is 311 g/mol. The van der Waals surface area contributed by atoms with Crippen LogP contribution in [0.15, 0.2) is 42.5 Å². The van der Waals surface area contributed by atoms with Crippen molar-refractivity contribution in [2.45, 2.75) is 6.61 Å². The second kappa shape index (κ2) is 7.31. The van der Waals surface area contributed by atoms with Gasteiger partial charge < -0.3 is 15.8 Å². The summed E-state index contributed by atoms with van der Waals surface area (Å²) in [7, 11) is 0. The molecule has 2 rings (SSSR count). The summed E-state index contributed by atoms with van der Waals surface area (Å²) in [5, 5.41) is 3.74. The van der Waals surface area contributed by atoms with Crippen LogP contribution < -0.4 is 11.1 Å². The lowest BCUT2D eigenvalue weighted by Crippen LogP contribution is -2.18. The highest BCUT2D eigenvalue weighted by Crippen LogP contribution is 2.22. The van der Waals surface area contributed by atoms with Gasteiger partial charge in [0.2, 0.25) is 5.91 Å². The Balaban J connectivity index is 1.82. The molecular formula is C15H14Cl2N2O2. The van der Waals surface area contributed by atoms with Gasteiger partial charge in [-0.25, -0.2) is 0 Å². The Morgan fingerprint density at radius 1 is 1.14 bits per heavy atom. The third kappa shape index (κ3) is 4.63. The van der Waals surface area contributed by atoms with Crippen molar-refractivity contribution in [3.8, 4) is 0 Å². The standard InChI is InChI=1S/C15H14Cl2N2O2/c16-12-4-2-1-3-10(12)8-21-9-15(20)19-11-5-6-13(17)14(18)7-11/h1-7H,8-9,18H2,(H,19,20). The van der Waals surface area contributed by atoms with Crippen LogP contribution in [0.2, 0.25) is 10.0 Å². The molecule has 0 spiro atoms. The molecule has 0 fully saturated rings. The fourth-order valence-corrected chi connectivity index (χ4v) is 2.00. The zero-order valence-electron chi connectivity index (χ0n) is 11.1. The second-order valence-corrected chi connectivity index (χ2v) is 5.18. The molecule has 2 aromatic carbocycles. The Bertz CT molecular complexity index is 647.